The molecule has 2 saturated heterocycles. The monoisotopic (exact) mass is 788 g/mol. The molecule has 286 valence electrons. The first-order valence-corrected chi connectivity index (χ1v) is 19.1. The molecule has 0 saturated carbocycles. The van der Waals surface area contributed by atoms with Crippen LogP contribution in [0.5, 0.6) is 0 Å². The van der Waals surface area contributed by atoms with Crippen LogP contribution in [0.3, 0.4) is 0 Å². The predicted octanol–water partition coefficient (Wildman–Crippen LogP) is 1.12. The van der Waals surface area contributed by atoms with Crippen molar-refractivity contribution in [2.45, 2.75) is 63.6 Å². The minimum absolute atomic E-state index is 0.0297. The molecule has 1 unspecified atom stereocenters. The number of carbonyl (C=O) groups is 1. The Morgan fingerprint density at radius 3 is 2.56 bits per heavy atom. The van der Waals surface area contributed by atoms with Crippen LogP contribution in [-0.2, 0) is 37.8 Å². The highest BCUT2D eigenvalue weighted by molar-refractivity contribution is 7.84. The topological polar surface area (TPSA) is 289 Å². The molecule has 2 fully saturated rings. The number of carbonyl (C=O) groups excluding carboxylic acids is 1. The summed E-state index contributed by atoms with van der Waals surface area (Å²) >= 11 is 0. The van der Waals surface area contributed by atoms with Gasteiger partial charge in [0.1, 0.15) is 30.9 Å². The van der Waals surface area contributed by atoms with Gasteiger partial charge in [-0.25, -0.2) is 24.1 Å². The summed E-state index contributed by atoms with van der Waals surface area (Å²) in [5, 5.41) is 15.6. The zero-order valence-electron chi connectivity index (χ0n) is 28.5. The Labute approximate surface area is 306 Å². The summed E-state index contributed by atoms with van der Waals surface area (Å²) < 4.78 is 66.4. The molecule has 7 atom stereocenters. The molecular formula is C30H35N11O11PS+. The van der Waals surface area contributed by atoms with Crippen molar-refractivity contribution in [1.29, 1.82) is 0 Å². The summed E-state index contributed by atoms with van der Waals surface area (Å²) in [5.41, 5.74) is 0.753. The quantitative estimate of drug-likeness (QED) is 0.0860. The van der Waals surface area contributed by atoms with Crippen molar-refractivity contribution in [2.24, 2.45) is 5.92 Å². The van der Waals surface area contributed by atoms with Crippen molar-refractivity contribution in [3.8, 4) is 0 Å². The van der Waals surface area contributed by atoms with Gasteiger partial charge in [0.05, 0.1) is 25.4 Å². The number of fused-ring (bicyclic) bond motifs is 2. The number of rotatable bonds is 14. The van der Waals surface area contributed by atoms with Crippen molar-refractivity contribution >= 4 is 64.2 Å². The first-order chi connectivity index (χ1) is 25.9. The van der Waals surface area contributed by atoms with Gasteiger partial charge in [0.15, 0.2) is 34.4 Å². The van der Waals surface area contributed by atoms with Crippen LogP contribution in [0.1, 0.15) is 39.1 Å². The lowest BCUT2D eigenvalue weighted by molar-refractivity contribution is -0.118. The lowest BCUT2D eigenvalue weighted by Crippen LogP contribution is -2.40. The maximum absolute atomic E-state index is 13.4. The normalized spacial score (nSPS) is 23.4. The number of H-pyrrole nitrogens is 1. The van der Waals surface area contributed by atoms with Gasteiger partial charge in [-0.15, -0.1) is 9.42 Å². The molecule has 0 radical (unpaired) electrons. The summed E-state index contributed by atoms with van der Waals surface area (Å²) in [4.78, 5) is 58.5. The fraction of sp³-hybridized carbons (Fsp3) is 0.433. The number of aromatic amines is 1. The average molecular weight is 789 g/mol. The average Bonchev–Trinajstić information content (AvgIpc) is 3.93. The number of amides is 1. The Morgan fingerprint density at radius 2 is 1.81 bits per heavy atom. The lowest BCUT2D eigenvalue weighted by atomic mass is 10.2. The molecule has 0 spiro atoms. The van der Waals surface area contributed by atoms with Crippen LogP contribution in [0, 0.1) is 5.92 Å². The molecular weight excluding hydrogens is 753 g/mol. The van der Waals surface area contributed by atoms with E-state index in [4.69, 9.17) is 18.2 Å². The van der Waals surface area contributed by atoms with Crippen LogP contribution < -0.4 is 20.9 Å². The molecule has 7 rings (SSSR count). The number of hydrogen-bond acceptors (Lipinski definition) is 16. The highest BCUT2D eigenvalue weighted by Gasteiger charge is 2.45. The number of nitrogens with zero attached hydrogens (tertiary/aromatic N) is 7. The van der Waals surface area contributed by atoms with Gasteiger partial charge in [-0.2, -0.15) is 18.1 Å². The zero-order valence-corrected chi connectivity index (χ0v) is 30.3. The fourth-order valence-corrected chi connectivity index (χ4v) is 7.46. The smallest absolute Gasteiger partial charge is 0.394 e. The molecule has 54 heavy (non-hydrogen) atoms. The Hall–Kier alpha value is -4.84. The predicted molar refractivity (Wildman–Crippen MR) is 187 cm³/mol. The van der Waals surface area contributed by atoms with Gasteiger partial charge < -0.3 is 19.9 Å². The molecule has 6 N–H and O–H groups in total. The lowest BCUT2D eigenvalue weighted by Gasteiger charge is -2.21. The van der Waals surface area contributed by atoms with Crippen molar-refractivity contribution < 1.29 is 46.0 Å². The van der Waals surface area contributed by atoms with E-state index in [0.717, 1.165) is 5.69 Å². The van der Waals surface area contributed by atoms with Crippen LogP contribution in [-0.4, -0.2) is 101 Å². The SMILES string of the molecule is CC(C)C(=O)Nc1nc2c(ncn2[C@@H]2O[C@H](CO)C[C@H]2OS(=O)(=O)NC[C@H]2O[C@@H](n3cnc4c(Nc5ccccc5)ncnc43)C[C@@H]2O[P+](=O)O)c(=O)[nH]1. The van der Waals surface area contributed by atoms with Crippen LogP contribution in [0.15, 0.2) is 54.1 Å². The summed E-state index contributed by atoms with van der Waals surface area (Å²) in [5.74, 6) is -0.557. The van der Waals surface area contributed by atoms with Gasteiger partial charge in [-0.1, -0.05) is 32.0 Å². The molecule has 6 heterocycles. The van der Waals surface area contributed by atoms with E-state index in [0.29, 0.717) is 17.0 Å². The van der Waals surface area contributed by atoms with Crippen molar-refractivity contribution in [3.05, 3.63) is 59.7 Å². The number of anilines is 3. The van der Waals surface area contributed by atoms with Gasteiger partial charge in [0, 0.05) is 35.6 Å². The first kappa shape index (κ1) is 37.5. The number of benzene rings is 1. The van der Waals surface area contributed by atoms with Crippen molar-refractivity contribution in [1.82, 2.24) is 43.8 Å². The van der Waals surface area contributed by atoms with Crippen molar-refractivity contribution in [2.75, 3.05) is 23.8 Å². The standard InChI is InChI=1S/C30H34N11O11PS/c1-15(2)27(43)38-30-37-26-23(28(44)39-30)34-14-41(26)29-19(8-17(11-42)49-29)52-54(47,48)35-10-20-18(51-53(45)46)9-21(50-20)40-13-33-22-24(31-12-32-25(22)40)36-16-6-4-3-5-7-16/h3-7,12-15,17-21,29,35,42H,8-11H2,1-2H3,(H3-,31,32,36,37,38,39,43,44,45,46)/p+1/t17-,18-,19+,20+,21+,29+/m0/s1. The van der Waals surface area contributed by atoms with E-state index < -0.39 is 86.0 Å². The van der Waals surface area contributed by atoms with E-state index in [9.17, 15) is 32.6 Å². The minimum Gasteiger partial charge on any atom is -0.394 e. The number of aliphatic hydroxyl groups excluding tert-OH is 1. The largest absolute Gasteiger partial charge is 0.695 e. The number of nitrogens with one attached hydrogen (secondary N) is 4. The molecule has 0 bridgehead atoms. The van der Waals surface area contributed by atoms with Gasteiger partial charge in [0.25, 0.3) is 5.56 Å². The van der Waals surface area contributed by atoms with Gasteiger partial charge >= 0.3 is 18.6 Å². The van der Waals surface area contributed by atoms with E-state index in [-0.39, 0.29) is 30.0 Å². The number of aromatic nitrogens is 8. The van der Waals surface area contributed by atoms with E-state index in [1.165, 1.54) is 23.5 Å². The van der Waals surface area contributed by atoms with Gasteiger partial charge in [0.2, 0.25) is 11.9 Å². The Balaban J connectivity index is 1.07. The molecule has 2 aliphatic rings. The summed E-state index contributed by atoms with van der Waals surface area (Å²) in [6, 6.07) is 9.30. The van der Waals surface area contributed by atoms with Crippen LogP contribution in [0.25, 0.3) is 22.3 Å². The number of para-hydroxylation sites is 1. The minimum atomic E-state index is -4.61. The number of ether oxygens (including phenoxy) is 2. The summed E-state index contributed by atoms with van der Waals surface area (Å²) in [6.45, 7) is 2.39. The second-order valence-corrected chi connectivity index (χ2v) is 14.7. The van der Waals surface area contributed by atoms with Crippen molar-refractivity contribution in [3.63, 3.8) is 0 Å². The van der Waals surface area contributed by atoms with E-state index >= 15 is 0 Å². The molecule has 5 aromatic rings. The van der Waals surface area contributed by atoms with Gasteiger partial charge in [-0.05, 0) is 12.1 Å². The third-order valence-corrected chi connectivity index (χ3v) is 10.1. The number of hydrogen-bond donors (Lipinski definition) is 6. The Morgan fingerprint density at radius 1 is 1.06 bits per heavy atom. The molecule has 2 aliphatic heterocycles. The summed E-state index contributed by atoms with van der Waals surface area (Å²) in [7, 11) is -7.70. The second-order valence-electron chi connectivity index (χ2n) is 12.7. The fourth-order valence-electron chi connectivity index (χ4n) is 6.07. The van der Waals surface area contributed by atoms with Crippen LogP contribution in [0.2, 0.25) is 0 Å². The first-order valence-electron chi connectivity index (χ1n) is 16.6. The number of aliphatic hydroxyl groups is 1. The zero-order chi connectivity index (χ0) is 38.1. The van der Waals surface area contributed by atoms with Crippen LogP contribution in [0.4, 0.5) is 17.5 Å². The second kappa shape index (κ2) is 15.5. The third-order valence-electron chi connectivity index (χ3n) is 8.64. The Bertz CT molecular complexity index is 2340. The van der Waals surface area contributed by atoms with Gasteiger partial charge in [-0.3, -0.25) is 29.0 Å². The van der Waals surface area contributed by atoms with E-state index in [2.05, 4.69) is 45.3 Å². The molecule has 0 aliphatic carbocycles. The van der Waals surface area contributed by atoms with E-state index in [1.54, 1.807) is 18.4 Å². The van der Waals surface area contributed by atoms with Crippen LogP contribution >= 0.6 is 8.25 Å². The maximum atomic E-state index is 13.4. The van der Waals surface area contributed by atoms with E-state index in [1.807, 2.05) is 30.3 Å². The molecule has 4 aromatic heterocycles. The molecule has 22 nitrogen and oxygen atoms in total. The number of imidazole rings is 2. The molecule has 1 aromatic carbocycles. The summed E-state index contributed by atoms with van der Waals surface area (Å²) in [6.07, 6.45) is -2.33. The highest BCUT2D eigenvalue weighted by Crippen LogP contribution is 2.38. The maximum Gasteiger partial charge on any atom is 0.695 e. The Kier molecular flexibility index (Phi) is 10.7. The highest BCUT2D eigenvalue weighted by atomic mass is 32.2. The molecule has 1 amide bonds. The molecule has 24 heteroatoms. The third kappa shape index (κ3) is 7.99.